The second-order valence-corrected chi connectivity index (χ2v) is 7.77. The second-order valence-electron chi connectivity index (χ2n) is 7.77. The summed E-state index contributed by atoms with van der Waals surface area (Å²) in [5.74, 6) is -0.0858. The normalized spacial score (nSPS) is 11.9. The number of amides is 1. The molecule has 1 aliphatic rings. The molecule has 1 heterocycles. The van der Waals surface area contributed by atoms with E-state index < -0.39 is 0 Å². The Hall–Kier alpha value is -4.18. The molecule has 6 rings (SSSR count). The quantitative estimate of drug-likeness (QED) is 0.404. The predicted octanol–water partition coefficient (Wildman–Crippen LogP) is 5.85. The predicted molar refractivity (Wildman–Crippen MR) is 124 cm³/mol. The highest BCUT2D eigenvalue weighted by Gasteiger charge is 2.23. The third-order valence-electron chi connectivity index (χ3n) is 5.93. The number of anilines is 1. The van der Waals surface area contributed by atoms with Crippen LogP contribution in [0.2, 0.25) is 0 Å². The molecule has 0 saturated heterocycles. The van der Waals surface area contributed by atoms with Crippen LogP contribution in [0, 0.1) is 0 Å². The molecule has 1 amide bonds. The van der Waals surface area contributed by atoms with Gasteiger partial charge in [-0.2, -0.15) is 0 Å². The van der Waals surface area contributed by atoms with Crippen LogP contribution in [0.15, 0.2) is 97.3 Å². The van der Waals surface area contributed by atoms with Crippen molar-refractivity contribution in [2.24, 2.45) is 0 Å². The number of aromatic nitrogens is 2. The van der Waals surface area contributed by atoms with Gasteiger partial charge in [-0.3, -0.25) is 9.36 Å². The largest absolute Gasteiger partial charge is 0.322 e. The molecule has 1 aliphatic carbocycles. The fourth-order valence-electron chi connectivity index (χ4n) is 4.47. The minimum absolute atomic E-state index is 0.0858. The van der Waals surface area contributed by atoms with Gasteiger partial charge in [-0.1, -0.05) is 54.6 Å². The Bertz CT molecular complexity index is 1460. The maximum Gasteiger partial charge on any atom is 0.255 e. The number of imidazole rings is 1. The molecule has 148 valence electrons. The Labute approximate surface area is 179 Å². The van der Waals surface area contributed by atoms with E-state index in [0.29, 0.717) is 0 Å². The van der Waals surface area contributed by atoms with Crippen molar-refractivity contribution in [3.8, 4) is 16.8 Å². The van der Waals surface area contributed by atoms with Gasteiger partial charge in [-0.15, -0.1) is 0 Å². The molecule has 0 radical (unpaired) electrons. The lowest BCUT2D eigenvalue weighted by Gasteiger charge is -2.11. The fraction of sp³-hybridized carbons (Fsp3) is 0.0370. The number of hydrogen-bond acceptors (Lipinski definition) is 2. The first-order chi connectivity index (χ1) is 15.3. The standard InChI is InChI=1S/C27H19N3O/c31-27(23-12-6-11-22-21-10-2-1-7-18(21)15-24(22)23)29-19-8-5-9-20(16-19)30-17-28-25-13-3-4-14-26(25)30/h1-14,16-17H,15H2,(H,29,31). The zero-order chi connectivity index (χ0) is 20.8. The molecule has 0 saturated carbocycles. The van der Waals surface area contributed by atoms with Crippen LogP contribution in [-0.4, -0.2) is 15.5 Å². The third-order valence-corrected chi connectivity index (χ3v) is 5.93. The van der Waals surface area contributed by atoms with Crippen molar-refractivity contribution in [1.82, 2.24) is 9.55 Å². The van der Waals surface area contributed by atoms with Gasteiger partial charge >= 0.3 is 0 Å². The number of hydrogen-bond donors (Lipinski definition) is 1. The molecule has 4 nitrogen and oxygen atoms in total. The number of rotatable bonds is 3. The van der Waals surface area contributed by atoms with Crippen molar-refractivity contribution in [3.63, 3.8) is 0 Å². The number of carbonyl (C=O) groups excluding carboxylic acids is 1. The van der Waals surface area contributed by atoms with Gasteiger partial charge in [0.2, 0.25) is 0 Å². The van der Waals surface area contributed by atoms with E-state index in [1.54, 1.807) is 0 Å². The van der Waals surface area contributed by atoms with E-state index >= 15 is 0 Å². The highest BCUT2D eigenvalue weighted by molar-refractivity contribution is 6.07. The lowest BCUT2D eigenvalue weighted by Crippen LogP contribution is -2.14. The van der Waals surface area contributed by atoms with Crippen molar-refractivity contribution in [2.75, 3.05) is 5.32 Å². The Balaban J connectivity index is 1.33. The van der Waals surface area contributed by atoms with Crippen molar-refractivity contribution in [2.45, 2.75) is 6.42 Å². The van der Waals surface area contributed by atoms with Crippen LogP contribution in [0.3, 0.4) is 0 Å². The molecule has 1 N–H and O–H groups in total. The van der Waals surface area contributed by atoms with E-state index in [1.807, 2.05) is 77.6 Å². The molecule has 4 heteroatoms. The number of nitrogens with one attached hydrogen (secondary N) is 1. The van der Waals surface area contributed by atoms with E-state index in [4.69, 9.17) is 0 Å². The first-order valence-electron chi connectivity index (χ1n) is 10.3. The Morgan fingerprint density at radius 2 is 1.65 bits per heavy atom. The van der Waals surface area contributed by atoms with Gasteiger partial charge in [0.25, 0.3) is 5.91 Å². The van der Waals surface area contributed by atoms with E-state index in [9.17, 15) is 4.79 Å². The van der Waals surface area contributed by atoms with Gasteiger partial charge in [0.15, 0.2) is 0 Å². The molecule has 0 unspecified atom stereocenters. The lowest BCUT2D eigenvalue weighted by atomic mass is 10.0. The summed E-state index contributed by atoms with van der Waals surface area (Å²) < 4.78 is 2.03. The first kappa shape index (κ1) is 17.7. The fourth-order valence-corrected chi connectivity index (χ4v) is 4.47. The number of para-hydroxylation sites is 2. The summed E-state index contributed by atoms with van der Waals surface area (Å²) in [6, 6.07) is 30.2. The summed E-state index contributed by atoms with van der Waals surface area (Å²) in [4.78, 5) is 17.7. The summed E-state index contributed by atoms with van der Waals surface area (Å²) in [5.41, 5.74) is 9.16. The van der Waals surface area contributed by atoms with Crippen LogP contribution in [0.1, 0.15) is 21.5 Å². The maximum atomic E-state index is 13.2. The van der Waals surface area contributed by atoms with E-state index in [0.717, 1.165) is 45.5 Å². The molecule has 1 aromatic heterocycles. The average Bonchev–Trinajstić information content (AvgIpc) is 3.41. The molecule has 0 aliphatic heterocycles. The number of carbonyl (C=O) groups is 1. The van der Waals surface area contributed by atoms with Crippen LogP contribution in [0.5, 0.6) is 0 Å². The van der Waals surface area contributed by atoms with Gasteiger partial charge in [-0.25, -0.2) is 4.98 Å². The van der Waals surface area contributed by atoms with Crippen LogP contribution in [-0.2, 0) is 6.42 Å². The Kier molecular flexibility index (Phi) is 3.96. The van der Waals surface area contributed by atoms with Crippen LogP contribution < -0.4 is 5.32 Å². The molecule has 0 fully saturated rings. The molecular weight excluding hydrogens is 382 g/mol. The maximum absolute atomic E-state index is 13.2. The molecule has 31 heavy (non-hydrogen) atoms. The molecule has 0 bridgehead atoms. The van der Waals surface area contributed by atoms with Crippen molar-refractivity contribution >= 4 is 22.6 Å². The van der Waals surface area contributed by atoms with Gasteiger partial charge < -0.3 is 5.32 Å². The van der Waals surface area contributed by atoms with Gasteiger partial charge in [0.1, 0.15) is 6.33 Å². The number of nitrogens with zero attached hydrogens (tertiary/aromatic N) is 2. The van der Waals surface area contributed by atoms with Crippen LogP contribution in [0.4, 0.5) is 5.69 Å². The minimum atomic E-state index is -0.0858. The lowest BCUT2D eigenvalue weighted by molar-refractivity contribution is 0.102. The summed E-state index contributed by atoms with van der Waals surface area (Å²) >= 11 is 0. The van der Waals surface area contributed by atoms with Crippen molar-refractivity contribution in [1.29, 1.82) is 0 Å². The van der Waals surface area contributed by atoms with Gasteiger partial charge in [0.05, 0.1) is 11.0 Å². The smallest absolute Gasteiger partial charge is 0.255 e. The van der Waals surface area contributed by atoms with Gasteiger partial charge in [0, 0.05) is 16.9 Å². The summed E-state index contributed by atoms with van der Waals surface area (Å²) in [6.45, 7) is 0. The molecular formula is C27H19N3O. The summed E-state index contributed by atoms with van der Waals surface area (Å²) in [7, 11) is 0. The molecule has 4 aromatic carbocycles. The van der Waals surface area contributed by atoms with E-state index in [1.165, 1.54) is 11.1 Å². The minimum Gasteiger partial charge on any atom is -0.322 e. The van der Waals surface area contributed by atoms with Crippen molar-refractivity contribution in [3.05, 3.63) is 114 Å². The van der Waals surface area contributed by atoms with Crippen molar-refractivity contribution < 1.29 is 4.79 Å². The van der Waals surface area contributed by atoms with Crippen LogP contribution in [0.25, 0.3) is 27.8 Å². The Morgan fingerprint density at radius 1 is 0.839 bits per heavy atom. The monoisotopic (exact) mass is 401 g/mol. The highest BCUT2D eigenvalue weighted by atomic mass is 16.1. The molecule has 0 spiro atoms. The summed E-state index contributed by atoms with van der Waals surface area (Å²) in [6.07, 6.45) is 2.60. The second kappa shape index (κ2) is 6.96. The average molecular weight is 401 g/mol. The number of benzene rings is 4. The molecule has 0 atom stereocenters. The highest BCUT2D eigenvalue weighted by Crippen LogP contribution is 2.38. The van der Waals surface area contributed by atoms with E-state index in [-0.39, 0.29) is 5.91 Å². The topological polar surface area (TPSA) is 46.9 Å². The summed E-state index contributed by atoms with van der Waals surface area (Å²) in [5, 5.41) is 3.09. The molecule has 5 aromatic rings. The SMILES string of the molecule is O=C(Nc1cccc(-n2cnc3ccccc32)c1)c1cccc2c1Cc1ccccc1-2. The van der Waals surface area contributed by atoms with Gasteiger partial charge in [-0.05, 0) is 65.1 Å². The first-order valence-corrected chi connectivity index (χ1v) is 10.3. The zero-order valence-corrected chi connectivity index (χ0v) is 16.7. The zero-order valence-electron chi connectivity index (χ0n) is 16.7. The third kappa shape index (κ3) is 2.92. The number of fused-ring (bicyclic) bond motifs is 4. The Morgan fingerprint density at radius 3 is 2.61 bits per heavy atom. The van der Waals surface area contributed by atoms with Crippen LogP contribution >= 0.6 is 0 Å². The van der Waals surface area contributed by atoms with E-state index in [2.05, 4.69) is 34.6 Å².